The summed E-state index contributed by atoms with van der Waals surface area (Å²) in [5, 5.41) is 14.0. The van der Waals surface area contributed by atoms with E-state index < -0.39 is 10.0 Å². The Kier molecular flexibility index (Phi) is 7.29. The van der Waals surface area contributed by atoms with Crippen LogP contribution in [0.25, 0.3) is 0 Å². The van der Waals surface area contributed by atoms with E-state index in [1.165, 1.54) is 12.1 Å². The number of amides is 1. The molecule has 0 atom stereocenters. The summed E-state index contributed by atoms with van der Waals surface area (Å²) in [5.74, 6) is -0.0606. The Morgan fingerprint density at radius 1 is 1.00 bits per heavy atom. The Morgan fingerprint density at radius 3 is 2.07 bits per heavy atom. The number of nitrogens with zero attached hydrogens (tertiary/aromatic N) is 3. The van der Waals surface area contributed by atoms with Gasteiger partial charge in [-0.15, -0.1) is 0 Å². The first-order valence-corrected chi connectivity index (χ1v) is 10.3. The molecule has 0 unspecified atom stereocenters. The first-order valence-electron chi connectivity index (χ1n) is 8.72. The van der Waals surface area contributed by atoms with Gasteiger partial charge in [0.15, 0.2) is 0 Å². The lowest BCUT2D eigenvalue weighted by atomic mass is 10.1. The molecule has 28 heavy (non-hydrogen) atoms. The summed E-state index contributed by atoms with van der Waals surface area (Å²) < 4.78 is 22.7. The highest BCUT2D eigenvalue weighted by Gasteiger charge is 2.16. The van der Waals surface area contributed by atoms with Crippen LogP contribution >= 0.6 is 0 Å². The minimum absolute atomic E-state index is 0.0192. The number of nitriles is 1. The molecule has 0 spiro atoms. The summed E-state index contributed by atoms with van der Waals surface area (Å²) in [4.78, 5) is 16.6. The number of carbonyl (C=O) groups is 1. The summed E-state index contributed by atoms with van der Waals surface area (Å²) in [7, 11) is 0.129. The zero-order valence-corrected chi connectivity index (χ0v) is 16.8. The van der Waals surface area contributed by atoms with Crippen molar-refractivity contribution in [2.24, 2.45) is 5.14 Å². The van der Waals surface area contributed by atoms with Crippen LogP contribution in [0.4, 0.5) is 0 Å². The van der Waals surface area contributed by atoms with E-state index >= 15 is 0 Å². The average Bonchev–Trinajstić information content (AvgIpc) is 2.65. The standard InChI is InChI=1S/C20H24N4O3S/c1-23(2)11-12-24(15-18-5-3-17(14-21)4-6-18)20(25)13-16-7-9-19(10-8-16)28(22,26)27/h3-10H,11-13,15H2,1-2H3,(H2,22,26,27). The van der Waals surface area contributed by atoms with Crippen molar-refractivity contribution in [2.45, 2.75) is 17.9 Å². The van der Waals surface area contributed by atoms with Gasteiger partial charge in [-0.25, -0.2) is 13.6 Å². The fourth-order valence-corrected chi connectivity index (χ4v) is 3.12. The van der Waals surface area contributed by atoms with E-state index in [1.807, 2.05) is 31.1 Å². The lowest BCUT2D eigenvalue weighted by Gasteiger charge is -2.25. The number of rotatable bonds is 8. The molecule has 2 N–H and O–H groups in total. The van der Waals surface area contributed by atoms with Gasteiger partial charge in [0.05, 0.1) is 22.9 Å². The van der Waals surface area contributed by atoms with Crippen molar-refractivity contribution >= 4 is 15.9 Å². The van der Waals surface area contributed by atoms with Crippen molar-refractivity contribution < 1.29 is 13.2 Å². The summed E-state index contributed by atoms with van der Waals surface area (Å²) in [6.07, 6.45) is 0.161. The number of nitrogens with two attached hydrogens (primary N) is 1. The maximum Gasteiger partial charge on any atom is 0.238 e. The van der Waals surface area contributed by atoms with Crippen LogP contribution in [0.2, 0.25) is 0 Å². The molecule has 0 bridgehead atoms. The minimum atomic E-state index is -3.75. The Morgan fingerprint density at radius 2 is 1.57 bits per heavy atom. The second-order valence-electron chi connectivity index (χ2n) is 6.79. The van der Waals surface area contributed by atoms with Crippen LogP contribution in [0.5, 0.6) is 0 Å². The molecule has 0 saturated heterocycles. The van der Waals surface area contributed by atoms with E-state index in [2.05, 4.69) is 6.07 Å². The minimum Gasteiger partial charge on any atom is -0.337 e. The van der Waals surface area contributed by atoms with Gasteiger partial charge in [-0.3, -0.25) is 4.79 Å². The molecular weight excluding hydrogens is 376 g/mol. The fourth-order valence-electron chi connectivity index (χ4n) is 2.60. The highest BCUT2D eigenvalue weighted by Crippen LogP contribution is 2.12. The lowest BCUT2D eigenvalue weighted by molar-refractivity contribution is -0.131. The molecule has 8 heteroatoms. The maximum atomic E-state index is 12.8. The second kappa shape index (κ2) is 9.46. The van der Waals surface area contributed by atoms with Gasteiger partial charge in [-0.1, -0.05) is 24.3 Å². The largest absolute Gasteiger partial charge is 0.337 e. The third kappa shape index (κ3) is 6.46. The molecule has 0 saturated carbocycles. The number of primary sulfonamides is 1. The number of likely N-dealkylation sites (N-methyl/N-ethyl adjacent to an activating group) is 1. The van der Waals surface area contributed by atoms with Gasteiger partial charge < -0.3 is 9.80 Å². The third-order valence-corrected chi connectivity index (χ3v) is 5.16. The molecule has 7 nitrogen and oxygen atoms in total. The van der Waals surface area contributed by atoms with Crippen LogP contribution in [0, 0.1) is 11.3 Å². The van der Waals surface area contributed by atoms with Crippen LogP contribution in [0.3, 0.4) is 0 Å². The van der Waals surface area contributed by atoms with E-state index in [1.54, 1.807) is 29.2 Å². The molecule has 0 aliphatic carbocycles. The molecule has 0 fully saturated rings. The molecule has 2 aromatic carbocycles. The summed E-state index contributed by atoms with van der Waals surface area (Å²) >= 11 is 0. The van der Waals surface area contributed by atoms with Crippen LogP contribution in [0.1, 0.15) is 16.7 Å². The molecular formula is C20H24N4O3S. The Bertz CT molecular complexity index is 946. The highest BCUT2D eigenvalue weighted by molar-refractivity contribution is 7.89. The topological polar surface area (TPSA) is 108 Å². The molecule has 1 amide bonds. The number of sulfonamides is 1. The van der Waals surface area contributed by atoms with Crippen molar-refractivity contribution in [1.29, 1.82) is 5.26 Å². The molecule has 148 valence electrons. The maximum absolute atomic E-state index is 12.8. The van der Waals surface area contributed by atoms with Crippen LogP contribution in [-0.4, -0.2) is 51.3 Å². The molecule has 2 rings (SSSR count). The molecule has 2 aromatic rings. The fraction of sp³-hybridized carbons (Fsp3) is 0.300. The SMILES string of the molecule is CN(C)CCN(Cc1ccc(C#N)cc1)C(=O)Cc1ccc(S(N)(=O)=O)cc1. The van der Waals surface area contributed by atoms with Crippen molar-refractivity contribution in [1.82, 2.24) is 9.80 Å². The van der Waals surface area contributed by atoms with Crippen molar-refractivity contribution in [2.75, 3.05) is 27.2 Å². The summed E-state index contributed by atoms with van der Waals surface area (Å²) in [6, 6.07) is 15.2. The predicted octanol–water partition coefficient (Wildman–Crippen LogP) is 1.34. The van der Waals surface area contributed by atoms with Crippen molar-refractivity contribution in [3.63, 3.8) is 0 Å². The number of hydrogen-bond donors (Lipinski definition) is 1. The quantitative estimate of drug-likeness (QED) is 0.719. The van der Waals surface area contributed by atoms with Gasteiger partial charge in [0.2, 0.25) is 15.9 Å². The van der Waals surface area contributed by atoms with E-state index in [4.69, 9.17) is 10.4 Å². The Hall–Kier alpha value is -2.73. The van der Waals surface area contributed by atoms with Crippen LogP contribution < -0.4 is 5.14 Å². The molecule has 0 heterocycles. The zero-order chi connectivity index (χ0) is 20.7. The zero-order valence-electron chi connectivity index (χ0n) is 16.0. The monoisotopic (exact) mass is 400 g/mol. The Labute approximate surface area is 166 Å². The summed E-state index contributed by atoms with van der Waals surface area (Å²) in [5.41, 5.74) is 2.23. The van der Waals surface area contributed by atoms with Crippen molar-refractivity contribution in [3.05, 3.63) is 65.2 Å². The Balaban J connectivity index is 2.12. The van der Waals surface area contributed by atoms with Crippen molar-refractivity contribution in [3.8, 4) is 6.07 Å². The summed E-state index contributed by atoms with van der Waals surface area (Å²) in [6.45, 7) is 1.71. The van der Waals surface area contributed by atoms with Gasteiger partial charge >= 0.3 is 0 Å². The molecule has 0 aliphatic heterocycles. The smallest absolute Gasteiger partial charge is 0.238 e. The van der Waals surface area contributed by atoms with E-state index in [0.29, 0.717) is 30.8 Å². The first kappa shape index (κ1) is 21.6. The van der Waals surface area contributed by atoms with Gasteiger partial charge in [-0.05, 0) is 49.5 Å². The number of carbonyl (C=O) groups excluding carboxylic acids is 1. The normalized spacial score (nSPS) is 11.2. The van der Waals surface area contributed by atoms with E-state index in [-0.39, 0.29) is 17.2 Å². The van der Waals surface area contributed by atoms with Crippen LogP contribution in [-0.2, 0) is 27.8 Å². The van der Waals surface area contributed by atoms with Crippen LogP contribution in [0.15, 0.2) is 53.4 Å². The van der Waals surface area contributed by atoms with E-state index in [9.17, 15) is 13.2 Å². The van der Waals surface area contributed by atoms with Gasteiger partial charge in [0, 0.05) is 19.6 Å². The van der Waals surface area contributed by atoms with Gasteiger partial charge in [0.1, 0.15) is 0 Å². The molecule has 0 aromatic heterocycles. The van der Waals surface area contributed by atoms with E-state index in [0.717, 1.165) is 5.56 Å². The number of benzene rings is 2. The number of hydrogen-bond acceptors (Lipinski definition) is 5. The molecule has 0 aliphatic rings. The highest BCUT2D eigenvalue weighted by atomic mass is 32.2. The van der Waals surface area contributed by atoms with Gasteiger partial charge in [0.25, 0.3) is 0 Å². The third-order valence-electron chi connectivity index (χ3n) is 4.23. The first-order chi connectivity index (χ1) is 13.2. The predicted molar refractivity (Wildman–Crippen MR) is 107 cm³/mol. The lowest BCUT2D eigenvalue weighted by Crippen LogP contribution is -2.37. The average molecular weight is 401 g/mol. The molecule has 0 radical (unpaired) electrons. The van der Waals surface area contributed by atoms with Gasteiger partial charge in [-0.2, -0.15) is 5.26 Å². The second-order valence-corrected chi connectivity index (χ2v) is 8.35.